The first-order valence-electron chi connectivity index (χ1n) is 4.80. The van der Waals surface area contributed by atoms with Crippen molar-refractivity contribution in [2.75, 3.05) is 19.0 Å². The summed E-state index contributed by atoms with van der Waals surface area (Å²) in [5, 5.41) is 2.68. The van der Waals surface area contributed by atoms with Crippen molar-refractivity contribution in [3.05, 3.63) is 22.8 Å². The van der Waals surface area contributed by atoms with E-state index < -0.39 is 0 Å². The molecule has 1 aromatic heterocycles. The Morgan fingerprint density at radius 1 is 1.75 bits per heavy atom. The van der Waals surface area contributed by atoms with Crippen molar-refractivity contribution in [1.82, 2.24) is 4.98 Å². The lowest BCUT2D eigenvalue weighted by molar-refractivity contribution is -0.118. The van der Waals surface area contributed by atoms with E-state index in [4.69, 9.17) is 10.5 Å². The molecule has 0 radical (unpaired) electrons. The number of pyridine rings is 1. The molecular weight excluding hydrogens is 274 g/mol. The Bertz CT molecular complexity index is 356. The Hall–Kier alpha value is -0.980. The summed E-state index contributed by atoms with van der Waals surface area (Å²) in [5.41, 5.74) is 5.42. The number of nitrogens with zero attached hydrogens (tertiary/aromatic N) is 1. The van der Waals surface area contributed by atoms with Gasteiger partial charge in [0.25, 0.3) is 0 Å². The van der Waals surface area contributed by atoms with Crippen molar-refractivity contribution in [1.29, 1.82) is 0 Å². The number of anilines is 1. The van der Waals surface area contributed by atoms with E-state index in [1.54, 1.807) is 18.3 Å². The number of hydrogen-bond donors (Lipinski definition) is 2. The van der Waals surface area contributed by atoms with Crippen LogP contribution in [-0.2, 0) is 9.53 Å². The Balaban J connectivity index is 2.55. The van der Waals surface area contributed by atoms with E-state index in [-0.39, 0.29) is 18.4 Å². The van der Waals surface area contributed by atoms with Crippen LogP contribution in [-0.4, -0.2) is 30.6 Å². The minimum atomic E-state index is -0.262. The molecule has 0 saturated carbocycles. The van der Waals surface area contributed by atoms with Crippen molar-refractivity contribution in [2.24, 2.45) is 5.73 Å². The van der Waals surface area contributed by atoms with Gasteiger partial charge < -0.3 is 15.8 Å². The minimum absolute atomic E-state index is 0.170. The summed E-state index contributed by atoms with van der Waals surface area (Å²) in [4.78, 5) is 15.6. The molecule has 3 N–H and O–H groups in total. The van der Waals surface area contributed by atoms with E-state index in [2.05, 4.69) is 26.2 Å². The van der Waals surface area contributed by atoms with Crippen LogP contribution >= 0.6 is 15.9 Å². The van der Waals surface area contributed by atoms with Crippen LogP contribution in [0.3, 0.4) is 0 Å². The standard InChI is InChI=1S/C10H14BrN3O2/c1-16-7(6-12)5-9(15)14-10-8(11)3-2-4-13-10/h2-4,7H,5-6,12H2,1H3,(H,13,14,15). The summed E-state index contributed by atoms with van der Waals surface area (Å²) < 4.78 is 5.76. The summed E-state index contributed by atoms with van der Waals surface area (Å²) in [5.74, 6) is 0.330. The summed E-state index contributed by atoms with van der Waals surface area (Å²) in [7, 11) is 1.53. The van der Waals surface area contributed by atoms with Gasteiger partial charge in [0, 0.05) is 19.9 Å². The second kappa shape index (κ2) is 6.57. The van der Waals surface area contributed by atoms with E-state index in [0.29, 0.717) is 12.4 Å². The fourth-order valence-corrected chi connectivity index (χ4v) is 1.48. The van der Waals surface area contributed by atoms with Crippen molar-refractivity contribution in [2.45, 2.75) is 12.5 Å². The molecule has 1 amide bonds. The Labute approximate surface area is 103 Å². The van der Waals surface area contributed by atoms with E-state index in [9.17, 15) is 4.79 Å². The van der Waals surface area contributed by atoms with Crippen LogP contribution in [0.25, 0.3) is 0 Å². The van der Waals surface area contributed by atoms with Crippen LogP contribution in [0.4, 0.5) is 5.82 Å². The second-order valence-electron chi connectivity index (χ2n) is 3.18. The largest absolute Gasteiger partial charge is 0.380 e. The molecule has 0 aromatic carbocycles. The molecule has 0 fully saturated rings. The highest BCUT2D eigenvalue weighted by Gasteiger charge is 2.12. The molecule has 0 aliphatic carbocycles. The number of hydrogen-bond acceptors (Lipinski definition) is 4. The van der Waals surface area contributed by atoms with Gasteiger partial charge in [-0.1, -0.05) is 0 Å². The van der Waals surface area contributed by atoms with E-state index in [0.717, 1.165) is 4.47 Å². The molecule has 0 aliphatic heterocycles. The molecule has 16 heavy (non-hydrogen) atoms. The van der Waals surface area contributed by atoms with Gasteiger partial charge in [-0.05, 0) is 28.1 Å². The summed E-state index contributed by atoms with van der Waals surface area (Å²) in [6.45, 7) is 0.313. The van der Waals surface area contributed by atoms with Gasteiger partial charge in [0.1, 0.15) is 5.82 Å². The maximum atomic E-state index is 11.6. The molecule has 0 saturated heterocycles. The maximum Gasteiger partial charge on any atom is 0.228 e. The third kappa shape index (κ3) is 3.88. The fraction of sp³-hybridized carbons (Fsp3) is 0.400. The number of carbonyl (C=O) groups excluding carboxylic acids is 1. The highest BCUT2D eigenvalue weighted by molar-refractivity contribution is 9.10. The Kier molecular flexibility index (Phi) is 5.37. The third-order valence-corrected chi connectivity index (χ3v) is 2.67. The quantitative estimate of drug-likeness (QED) is 0.852. The average Bonchev–Trinajstić information content (AvgIpc) is 2.29. The smallest absolute Gasteiger partial charge is 0.228 e. The molecule has 88 valence electrons. The molecule has 0 aliphatic rings. The number of methoxy groups -OCH3 is 1. The number of amides is 1. The lowest BCUT2D eigenvalue weighted by atomic mass is 10.2. The van der Waals surface area contributed by atoms with Crippen LogP contribution in [0, 0.1) is 0 Å². The van der Waals surface area contributed by atoms with Gasteiger partial charge in [0.15, 0.2) is 0 Å². The number of nitrogens with one attached hydrogen (secondary N) is 1. The van der Waals surface area contributed by atoms with Gasteiger partial charge in [0.2, 0.25) is 5.91 Å². The van der Waals surface area contributed by atoms with Gasteiger partial charge >= 0.3 is 0 Å². The molecule has 1 unspecified atom stereocenters. The molecule has 1 atom stereocenters. The van der Waals surface area contributed by atoms with Crippen LogP contribution in [0.5, 0.6) is 0 Å². The predicted molar refractivity (Wildman–Crippen MR) is 65.0 cm³/mol. The van der Waals surface area contributed by atoms with Gasteiger partial charge in [0.05, 0.1) is 17.0 Å². The highest BCUT2D eigenvalue weighted by Crippen LogP contribution is 2.18. The zero-order valence-electron chi connectivity index (χ0n) is 8.94. The van der Waals surface area contributed by atoms with Crippen LogP contribution in [0.15, 0.2) is 22.8 Å². The molecule has 1 aromatic rings. The molecule has 1 rings (SSSR count). The van der Waals surface area contributed by atoms with E-state index >= 15 is 0 Å². The van der Waals surface area contributed by atoms with Gasteiger partial charge in [-0.15, -0.1) is 0 Å². The monoisotopic (exact) mass is 287 g/mol. The zero-order chi connectivity index (χ0) is 12.0. The van der Waals surface area contributed by atoms with Gasteiger partial charge in [-0.25, -0.2) is 4.98 Å². The summed E-state index contributed by atoms with van der Waals surface area (Å²) >= 11 is 3.29. The topological polar surface area (TPSA) is 77.2 Å². The first-order valence-corrected chi connectivity index (χ1v) is 5.60. The molecule has 1 heterocycles. The van der Waals surface area contributed by atoms with E-state index in [1.807, 2.05) is 0 Å². The normalized spacial score (nSPS) is 12.2. The number of nitrogens with two attached hydrogens (primary N) is 1. The summed E-state index contributed by atoms with van der Waals surface area (Å²) in [6.07, 6.45) is 1.56. The van der Waals surface area contributed by atoms with Crippen LogP contribution < -0.4 is 11.1 Å². The fourth-order valence-electron chi connectivity index (χ4n) is 1.13. The Morgan fingerprint density at radius 2 is 2.50 bits per heavy atom. The first-order chi connectivity index (χ1) is 7.67. The van der Waals surface area contributed by atoms with E-state index in [1.165, 1.54) is 7.11 Å². The molecule has 0 bridgehead atoms. The van der Waals surface area contributed by atoms with Gasteiger partial charge in [-0.2, -0.15) is 0 Å². The number of rotatable bonds is 5. The molecule has 6 heteroatoms. The van der Waals surface area contributed by atoms with Crippen molar-refractivity contribution in [3.63, 3.8) is 0 Å². The first kappa shape index (κ1) is 13.1. The lowest BCUT2D eigenvalue weighted by Gasteiger charge is -2.12. The Morgan fingerprint density at radius 3 is 3.06 bits per heavy atom. The molecular formula is C10H14BrN3O2. The highest BCUT2D eigenvalue weighted by atomic mass is 79.9. The molecule has 0 spiro atoms. The van der Waals surface area contributed by atoms with Crippen molar-refractivity contribution < 1.29 is 9.53 Å². The van der Waals surface area contributed by atoms with Crippen LogP contribution in [0.1, 0.15) is 6.42 Å². The second-order valence-corrected chi connectivity index (χ2v) is 4.03. The van der Waals surface area contributed by atoms with Crippen molar-refractivity contribution >= 4 is 27.7 Å². The zero-order valence-corrected chi connectivity index (χ0v) is 10.5. The predicted octanol–water partition coefficient (Wildman–Crippen LogP) is 1.15. The number of aromatic nitrogens is 1. The van der Waals surface area contributed by atoms with Crippen molar-refractivity contribution in [3.8, 4) is 0 Å². The average molecular weight is 288 g/mol. The SMILES string of the molecule is COC(CN)CC(=O)Nc1ncccc1Br. The third-order valence-electron chi connectivity index (χ3n) is 2.03. The summed E-state index contributed by atoms with van der Waals surface area (Å²) in [6, 6.07) is 3.58. The number of halogens is 1. The lowest BCUT2D eigenvalue weighted by Crippen LogP contribution is -2.28. The van der Waals surface area contributed by atoms with Crippen LogP contribution in [0.2, 0.25) is 0 Å². The molecule has 5 nitrogen and oxygen atoms in total. The number of ether oxygens (including phenoxy) is 1. The van der Waals surface area contributed by atoms with Gasteiger partial charge in [-0.3, -0.25) is 4.79 Å². The maximum absolute atomic E-state index is 11.6. The number of carbonyl (C=O) groups is 1. The minimum Gasteiger partial charge on any atom is -0.380 e.